The first-order valence-corrected chi connectivity index (χ1v) is 10.4. The Hall–Kier alpha value is -2.70. The van der Waals surface area contributed by atoms with Crippen LogP contribution in [-0.4, -0.2) is 18.2 Å². The third-order valence-corrected chi connectivity index (χ3v) is 5.63. The Morgan fingerprint density at radius 3 is 2.53 bits per heavy atom. The van der Waals surface area contributed by atoms with Crippen LogP contribution in [0.5, 0.6) is 11.5 Å². The summed E-state index contributed by atoms with van der Waals surface area (Å²) < 4.78 is 12.5. The van der Waals surface area contributed by atoms with Crippen molar-refractivity contribution in [3.63, 3.8) is 0 Å². The highest BCUT2D eigenvalue weighted by atomic mass is 79.9. The molecule has 0 saturated heterocycles. The number of rotatable bonds is 8. The molecule has 0 amide bonds. The molecule has 7 heteroatoms. The molecule has 0 atom stereocenters. The molecule has 0 heterocycles. The van der Waals surface area contributed by atoms with E-state index in [2.05, 4.69) is 21.2 Å². The summed E-state index contributed by atoms with van der Waals surface area (Å²) in [6.45, 7) is 2.77. The molecule has 5 nitrogen and oxygen atoms in total. The van der Waals surface area contributed by atoms with Gasteiger partial charge < -0.3 is 19.9 Å². The zero-order chi connectivity index (χ0) is 21.7. The van der Waals surface area contributed by atoms with E-state index in [-0.39, 0.29) is 5.56 Å². The van der Waals surface area contributed by atoms with Gasteiger partial charge in [-0.15, -0.1) is 0 Å². The van der Waals surface area contributed by atoms with E-state index >= 15 is 0 Å². The quantitative estimate of drug-likeness (QED) is 0.387. The van der Waals surface area contributed by atoms with Crippen LogP contribution in [0.15, 0.2) is 59.1 Å². The number of aryl methyl sites for hydroxylation is 1. The molecule has 30 heavy (non-hydrogen) atoms. The number of halogens is 2. The fourth-order valence-electron chi connectivity index (χ4n) is 2.88. The second-order valence-corrected chi connectivity index (χ2v) is 7.95. The van der Waals surface area contributed by atoms with Crippen LogP contribution in [-0.2, 0) is 13.2 Å². The Morgan fingerprint density at radius 1 is 1.13 bits per heavy atom. The molecule has 0 radical (unpaired) electrons. The molecule has 3 aromatic rings. The van der Waals surface area contributed by atoms with Gasteiger partial charge in [-0.1, -0.05) is 57.4 Å². The van der Waals surface area contributed by atoms with Gasteiger partial charge in [0.2, 0.25) is 0 Å². The third kappa shape index (κ3) is 5.26. The molecule has 0 bridgehead atoms. The van der Waals surface area contributed by atoms with E-state index in [0.29, 0.717) is 35.4 Å². The van der Waals surface area contributed by atoms with E-state index in [4.69, 9.17) is 21.1 Å². The normalized spacial score (nSPS) is 10.5. The van der Waals surface area contributed by atoms with Crippen molar-refractivity contribution >= 4 is 39.2 Å². The van der Waals surface area contributed by atoms with Gasteiger partial charge in [-0.05, 0) is 42.8 Å². The fraction of sp³-hybridized carbons (Fsp3) is 0.174. The summed E-state index contributed by atoms with van der Waals surface area (Å²) in [5.41, 5.74) is 3.74. The van der Waals surface area contributed by atoms with Crippen molar-refractivity contribution in [3.05, 3.63) is 86.3 Å². The van der Waals surface area contributed by atoms with Crippen LogP contribution in [0.1, 0.15) is 27.0 Å². The highest BCUT2D eigenvalue weighted by molar-refractivity contribution is 9.10. The van der Waals surface area contributed by atoms with Gasteiger partial charge in [-0.3, -0.25) is 0 Å². The predicted octanol–water partition coefficient (Wildman–Crippen LogP) is 6.31. The third-order valence-electron chi connectivity index (χ3n) is 4.56. The van der Waals surface area contributed by atoms with Crippen LogP contribution in [0.25, 0.3) is 0 Å². The number of carbonyl (C=O) groups is 1. The number of nitrogens with one attached hydrogen (secondary N) is 1. The maximum absolute atomic E-state index is 11.3. The van der Waals surface area contributed by atoms with Gasteiger partial charge in [0.25, 0.3) is 0 Å². The van der Waals surface area contributed by atoms with Crippen molar-refractivity contribution in [1.82, 2.24) is 0 Å². The molecular formula is C23H21BrClNO4. The topological polar surface area (TPSA) is 67.8 Å². The SMILES string of the molecule is COc1ccc(Br)c(CNc2cc(C(=O)O)ccc2Cl)c1OCc1ccc(C)cc1. The van der Waals surface area contributed by atoms with Gasteiger partial charge in [0.05, 0.1) is 23.4 Å². The summed E-state index contributed by atoms with van der Waals surface area (Å²) >= 11 is 9.81. The molecular weight excluding hydrogens is 470 g/mol. The molecule has 0 unspecified atom stereocenters. The number of anilines is 1. The monoisotopic (exact) mass is 489 g/mol. The molecule has 0 fully saturated rings. The Morgan fingerprint density at radius 2 is 1.87 bits per heavy atom. The van der Waals surface area contributed by atoms with Crippen LogP contribution >= 0.6 is 27.5 Å². The Labute approximate surface area is 188 Å². The molecule has 0 aromatic heterocycles. The standard InChI is InChI=1S/C23H21BrClNO4/c1-14-3-5-15(6-4-14)13-30-22-17(18(24)8-10-21(22)29-2)12-26-20-11-16(23(27)28)7-9-19(20)25/h3-11,26H,12-13H2,1-2H3,(H,27,28). The molecule has 3 rings (SSSR count). The molecule has 0 aliphatic rings. The van der Waals surface area contributed by atoms with Gasteiger partial charge in [0, 0.05) is 16.6 Å². The fourth-order valence-corrected chi connectivity index (χ4v) is 3.52. The van der Waals surface area contributed by atoms with Crippen molar-refractivity contribution < 1.29 is 19.4 Å². The minimum atomic E-state index is -1.01. The lowest BCUT2D eigenvalue weighted by atomic mass is 10.1. The van der Waals surface area contributed by atoms with E-state index < -0.39 is 5.97 Å². The molecule has 156 valence electrons. The molecule has 0 aliphatic heterocycles. The molecule has 0 aliphatic carbocycles. The first-order chi connectivity index (χ1) is 14.4. The number of ether oxygens (including phenoxy) is 2. The minimum absolute atomic E-state index is 0.155. The van der Waals surface area contributed by atoms with E-state index in [1.807, 2.05) is 43.3 Å². The van der Waals surface area contributed by atoms with E-state index in [1.165, 1.54) is 17.7 Å². The van der Waals surface area contributed by atoms with Crippen LogP contribution < -0.4 is 14.8 Å². The van der Waals surface area contributed by atoms with Gasteiger partial charge >= 0.3 is 5.97 Å². The number of hydrogen-bond acceptors (Lipinski definition) is 4. The number of benzene rings is 3. The predicted molar refractivity (Wildman–Crippen MR) is 122 cm³/mol. The van der Waals surface area contributed by atoms with Crippen molar-refractivity contribution in [2.75, 3.05) is 12.4 Å². The van der Waals surface area contributed by atoms with Crippen molar-refractivity contribution in [3.8, 4) is 11.5 Å². The average Bonchev–Trinajstić information content (AvgIpc) is 2.73. The highest BCUT2D eigenvalue weighted by Crippen LogP contribution is 2.37. The van der Waals surface area contributed by atoms with E-state index in [1.54, 1.807) is 13.2 Å². The van der Waals surface area contributed by atoms with Crippen molar-refractivity contribution in [2.45, 2.75) is 20.1 Å². The summed E-state index contributed by atoms with van der Waals surface area (Å²) in [7, 11) is 1.59. The molecule has 0 spiro atoms. The van der Waals surface area contributed by atoms with Crippen LogP contribution in [0.4, 0.5) is 5.69 Å². The summed E-state index contributed by atoms with van der Waals surface area (Å²) in [5.74, 6) is 0.192. The lowest BCUT2D eigenvalue weighted by molar-refractivity contribution is 0.0697. The van der Waals surface area contributed by atoms with Gasteiger partial charge in [0.1, 0.15) is 6.61 Å². The maximum Gasteiger partial charge on any atom is 0.335 e. The van der Waals surface area contributed by atoms with Gasteiger partial charge in [-0.2, -0.15) is 0 Å². The second-order valence-electron chi connectivity index (χ2n) is 6.68. The number of methoxy groups -OCH3 is 1. The van der Waals surface area contributed by atoms with E-state index in [9.17, 15) is 9.90 Å². The van der Waals surface area contributed by atoms with Crippen molar-refractivity contribution in [2.24, 2.45) is 0 Å². The average molecular weight is 491 g/mol. The van der Waals surface area contributed by atoms with E-state index in [0.717, 1.165) is 15.6 Å². The lowest BCUT2D eigenvalue weighted by Crippen LogP contribution is -2.07. The van der Waals surface area contributed by atoms with Crippen molar-refractivity contribution in [1.29, 1.82) is 0 Å². The summed E-state index contributed by atoms with van der Waals surface area (Å²) in [5, 5.41) is 12.9. The molecule has 3 aromatic carbocycles. The smallest absolute Gasteiger partial charge is 0.335 e. The second kappa shape index (κ2) is 9.87. The molecule has 0 saturated carbocycles. The van der Waals surface area contributed by atoms with Crippen LogP contribution in [0.3, 0.4) is 0 Å². The van der Waals surface area contributed by atoms with Crippen LogP contribution in [0.2, 0.25) is 5.02 Å². The number of aromatic carboxylic acids is 1. The highest BCUT2D eigenvalue weighted by Gasteiger charge is 2.16. The Balaban J connectivity index is 1.86. The summed E-state index contributed by atoms with van der Waals surface area (Å²) in [4.78, 5) is 11.3. The first-order valence-electron chi connectivity index (χ1n) is 9.19. The lowest BCUT2D eigenvalue weighted by Gasteiger charge is -2.18. The minimum Gasteiger partial charge on any atom is -0.493 e. The Kier molecular flexibility index (Phi) is 7.24. The largest absolute Gasteiger partial charge is 0.493 e. The van der Waals surface area contributed by atoms with Gasteiger partial charge in [0.15, 0.2) is 11.5 Å². The Bertz CT molecular complexity index is 1050. The first kappa shape index (κ1) is 22.0. The number of carboxylic acids is 1. The zero-order valence-corrected chi connectivity index (χ0v) is 18.9. The van der Waals surface area contributed by atoms with Gasteiger partial charge in [-0.25, -0.2) is 4.79 Å². The maximum atomic E-state index is 11.3. The van der Waals surface area contributed by atoms with Crippen LogP contribution in [0, 0.1) is 6.92 Å². The number of hydrogen-bond donors (Lipinski definition) is 2. The zero-order valence-electron chi connectivity index (χ0n) is 16.5. The summed E-state index contributed by atoms with van der Waals surface area (Å²) in [6, 6.07) is 16.4. The molecule has 2 N–H and O–H groups in total. The number of carboxylic acid groups (broad SMARTS) is 1. The summed E-state index contributed by atoms with van der Waals surface area (Å²) in [6.07, 6.45) is 0.